The Labute approximate surface area is 126 Å². The van der Waals surface area contributed by atoms with E-state index in [0.29, 0.717) is 0 Å². The Bertz CT molecular complexity index is 526. The zero-order valence-electron chi connectivity index (χ0n) is 12.7. The molecule has 4 heteroatoms. The molecule has 2 rings (SSSR count). The van der Waals surface area contributed by atoms with Crippen LogP contribution in [0.25, 0.3) is 10.9 Å². The summed E-state index contributed by atoms with van der Waals surface area (Å²) in [7, 11) is 1.71. The summed E-state index contributed by atoms with van der Waals surface area (Å²) in [5.74, 6) is 0. The number of hydrogen-bond acceptors (Lipinski definition) is 4. The number of hydrogen-bond donors (Lipinski definition) is 1. The third-order valence-corrected chi connectivity index (χ3v) is 3.35. The minimum atomic E-state index is 0.748. The highest BCUT2D eigenvalue weighted by Gasteiger charge is 2.01. The standard InChI is InChI=1S/C17H24N2O2/c1-20-12-4-13-21-14-11-18-10-8-16-6-2-5-15-7-3-9-19-17(15)16/h2-3,5-7,9,18H,4,8,10-14H2,1H3. The summed E-state index contributed by atoms with van der Waals surface area (Å²) in [5.41, 5.74) is 2.40. The van der Waals surface area contributed by atoms with E-state index in [2.05, 4.69) is 34.6 Å². The Kier molecular flexibility index (Phi) is 7.15. The SMILES string of the molecule is COCCCOCCNCCc1cccc2cccnc12. The van der Waals surface area contributed by atoms with E-state index in [1.54, 1.807) is 7.11 Å². The molecule has 21 heavy (non-hydrogen) atoms. The highest BCUT2D eigenvalue weighted by molar-refractivity contribution is 5.81. The van der Waals surface area contributed by atoms with Crippen molar-refractivity contribution in [3.8, 4) is 0 Å². The molecule has 114 valence electrons. The van der Waals surface area contributed by atoms with Crippen LogP contribution >= 0.6 is 0 Å². The maximum Gasteiger partial charge on any atom is 0.0734 e. The molecule has 0 aliphatic rings. The highest BCUT2D eigenvalue weighted by atomic mass is 16.5. The predicted octanol–water partition coefficient (Wildman–Crippen LogP) is 2.42. The molecule has 0 radical (unpaired) electrons. The van der Waals surface area contributed by atoms with E-state index >= 15 is 0 Å². The molecule has 0 aliphatic heterocycles. The number of ether oxygens (including phenoxy) is 2. The van der Waals surface area contributed by atoms with Gasteiger partial charge in [-0.25, -0.2) is 0 Å². The monoisotopic (exact) mass is 288 g/mol. The number of methoxy groups -OCH3 is 1. The van der Waals surface area contributed by atoms with E-state index in [0.717, 1.165) is 51.3 Å². The fourth-order valence-electron chi connectivity index (χ4n) is 2.27. The number of rotatable bonds is 10. The van der Waals surface area contributed by atoms with Crippen molar-refractivity contribution < 1.29 is 9.47 Å². The summed E-state index contributed by atoms with van der Waals surface area (Å²) in [6.07, 6.45) is 3.79. The smallest absolute Gasteiger partial charge is 0.0734 e. The first-order valence-electron chi connectivity index (χ1n) is 7.52. The van der Waals surface area contributed by atoms with Crippen LogP contribution in [0.15, 0.2) is 36.5 Å². The largest absolute Gasteiger partial charge is 0.385 e. The van der Waals surface area contributed by atoms with Crippen LogP contribution < -0.4 is 5.32 Å². The molecular weight excluding hydrogens is 264 g/mol. The quantitative estimate of drug-likeness (QED) is 0.682. The summed E-state index contributed by atoms with van der Waals surface area (Å²) >= 11 is 0. The molecule has 0 saturated heterocycles. The molecular formula is C17H24N2O2. The van der Waals surface area contributed by atoms with Crippen LogP contribution in [0.4, 0.5) is 0 Å². The number of para-hydroxylation sites is 1. The number of nitrogens with one attached hydrogen (secondary N) is 1. The number of aromatic nitrogens is 1. The summed E-state index contributed by atoms with van der Waals surface area (Å²) in [6, 6.07) is 10.4. The van der Waals surface area contributed by atoms with E-state index in [1.165, 1.54) is 10.9 Å². The van der Waals surface area contributed by atoms with Gasteiger partial charge >= 0.3 is 0 Å². The number of fused-ring (bicyclic) bond motifs is 1. The van der Waals surface area contributed by atoms with Crippen molar-refractivity contribution in [3.05, 3.63) is 42.1 Å². The van der Waals surface area contributed by atoms with E-state index in [-0.39, 0.29) is 0 Å². The van der Waals surface area contributed by atoms with Gasteiger partial charge in [0, 0.05) is 38.5 Å². The zero-order chi connectivity index (χ0) is 14.8. The number of pyridine rings is 1. The first-order valence-corrected chi connectivity index (χ1v) is 7.52. The number of nitrogens with zero attached hydrogens (tertiary/aromatic N) is 1. The van der Waals surface area contributed by atoms with Crippen LogP contribution in [0.2, 0.25) is 0 Å². The van der Waals surface area contributed by atoms with Gasteiger partial charge in [-0.2, -0.15) is 0 Å². The Balaban J connectivity index is 1.64. The minimum absolute atomic E-state index is 0.748. The third-order valence-electron chi connectivity index (χ3n) is 3.35. The van der Waals surface area contributed by atoms with Gasteiger partial charge in [-0.05, 0) is 31.0 Å². The maximum absolute atomic E-state index is 5.50. The van der Waals surface area contributed by atoms with Crippen LogP contribution in [0, 0.1) is 0 Å². The molecule has 0 fully saturated rings. The second-order valence-corrected chi connectivity index (χ2v) is 4.95. The minimum Gasteiger partial charge on any atom is -0.385 e. The second-order valence-electron chi connectivity index (χ2n) is 4.95. The summed E-state index contributed by atoms with van der Waals surface area (Å²) in [6.45, 7) is 4.10. The van der Waals surface area contributed by atoms with Gasteiger partial charge in [-0.15, -0.1) is 0 Å². The fourth-order valence-corrected chi connectivity index (χ4v) is 2.27. The molecule has 1 N–H and O–H groups in total. The lowest BCUT2D eigenvalue weighted by molar-refractivity contribution is 0.104. The average molecular weight is 288 g/mol. The van der Waals surface area contributed by atoms with E-state index in [4.69, 9.17) is 9.47 Å². The van der Waals surface area contributed by atoms with Crippen molar-refractivity contribution in [2.24, 2.45) is 0 Å². The molecule has 1 heterocycles. The predicted molar refractivity (Wildman–Crippen MR) is 85.6 cm³/mol. The van der Waals surface area contributed by atoms with Gasteiger partial charge in [0.25, 0.3) is 0 Å². The van der Waals surface area contributed by atoms with Crippen LogP contribution in [-0.2, 0) is 15.9 Å². The summed E-state index contributed by atoms with van der Waals surface area (Å²) < 4.78 is 10.5. The molecule has 4 nitrogen and oxygen atoms in total. The van der Waals surface area contributed by atoms with Crippen molar-refractivity contribution in [1.82, 2.24) is 10.3 Å². The number of benzene rings is 1. The lowest BCUT2D eigenvalue weighted by Crippen LogP contribution is -2.22. The zero-order valence-corrected chi connectivity index (χ0v) is 12.7. The Morgan fingerprint density at radius 3 is 2.86 bits per heavy atom. The normalized spacial score (nSPS) is 11.1. The summed E-state index contributed by atoms with van der Waals surface area (Å²) in [4.78, 5) is 4.47. The van der Waals surface area contributed by atoms with Crippen LogP contribution in [-0.4, -0.2) is 45.0 Å². The topological polar surface area (TPSA) is 43.4 Å². The molecule has 1 aromatic carbocycles. The van der Waals surface area contributed by atoms with Crippen LogP contribution in [0.5, 0.6) is 0 Å². The van der Waals surface area contributed by atoms with Crippen LogP contribution in [0.3, 0.4) is 0 Å². The van der Waals surface area contributed by atoms with Crippen molar-refractivity contribution in [1.29, 1.82) is 0 Å². The first kappa shape index (κ1) is 15.9. The van der Waals surface area contributed by atoms with Gasteiger partial charge in [0.15, 0.2) is 0 Å². The molecule has 0 spiro atoms. The molecule has 0 atom stereocenters. The molecule has 0 amide bonds. The van der Waals surface area contributed by atoms with Crippen molar-refractivity contribution >= 4 is 10.9 Å². The van der Waals surface area contributed by atoms with Gasteiger partial charge in [0.1, 0.15) is 0 Å². The average Bonchev–Trinajstić information content (AvgIpc) is 2.53. The molecule has 0 bridgehead atoms. The van der Waals surface area contributed by atoms with E-state index < -0.39 is 0 Å². The van der Waals surface area contributed by atoms with Crippen molar-refractivity contribution in [3.63, 3.8) is 0 Å². The second kappa shape index (κ2) is 9.45. The Morgan fingerprint density at radius 2 is 1.95 bits per heavy atom. The van der Waals surface area contributed by atoms with Gasteiger partial charge < -0.3 is 14.8 Å². The Morgan fingerprint density at radius 1 is 1.05 bits per heavy atom. The first-order chi connectivity index (χ1) is 10.4. The van der Waals surface area contributed by atoms with Gasteiger partial charge in [-0.1, -0.05) is 24.3 Å². The van der Waals surface area contributed by atoms with Gasteiger partial charge in [-0.3, -0.25) is 4.98 Å². The highest BCUT2D eigenvalue weighted by Crippen LogP contribution is 2.15. The van der Waals surface area contributed by atoms with Gasteiger partial charge in [0.05, 0.1) is 12.1 Å². The van der Waals surface area contributed by atoms with Crippen molar-refractivity contribution in [2.75, 3.05) is 40.0 Å². The third kappa shape index (κ3) is 5.42. The maximum atomic E-state index is 5.50. The van der Waals surface area contributed by atoms with Crippen molar-refractivity contribution in [2.45, 2.75) is 12.8 Å². The van der Waals surface area contributed by atoms with E-state index in [1.807, 2.05) is 12.3 Å². The lowest BCUT2D eigenvalue weighted by atomic mass is 10.1. The van der Waals surface area contributed by atoms with Gasteiger partial charge in [0.2, 0.25) is 0 Å². The molecule has 0 saturated carbocycles. The van der Waals surface area contributed by atoms with Crippen LogP contribution in [0.1, 0.15) is 12.0 Å². The Hall–Kier alpha value is -1.49. The van der Waals surface area contributed by atoms with E-state index in [9.17, 15) is 0 Å². The summed E-state index contributed by atoms with van der Waals surface area (Å²) in [5, 5.41) is 4.61. The molecule has 0 aliphatic carbocycles. The molecule has 1 aromatic heterocycles. The molecule has 0 unspecified atom stereocenters. The molecule has 2 aromatic rings. The lowest BCUT2D eigenvalue weighted by Gasteiger charge is -2.08. The fraction of sp³-hybridized carbons (Fsp3) is 0.471.